The first-order valence-corrected chi connectivity index (χ1v) is 4.90. The molecule has 0 unspecified atom stereocenters. The van der Waals surface area contributed by atoms with Gasteiger partial charge in [-0.25, -0.2) is 4.79 Å². The van der Waals surface area contributed by atoms with E-state index < -0.39 is 5.97 Å². The molecule has 0 saturated heterocycles. The normalized spacial score (nSPS) is 10.7. The lowest BCUT2D eigenvalue weighted by atomic mass is 10.1. The van der Waals surface area contributed by atoms with E-state index in [9.17, 15) is 15.0 Å². The van der Waals surface area contributed by atoms with E-state index in [2.05, 4.69) is 4.74 Å². The predicted molar refractivity (Wildman–Crippen MR) is 60.0 cm³/mol. The van der Waals surface area contributed by atoms with Crippen LogP contribution in [0.5, 0.6) is 11.5 Å². The second-order valence-electron chi connectivity index (χ2n) is 3.11. The fourth-order valence-corrected chi connectivity index (χ4v) is 1.17. The van der Waals surface area contributed by atoms with E-state index in [1.807, 2.05) is 0 Å². The predicted octanol–water partition coefficient (Wildman–Crippen LogP) is 1.57. The lowest BCUT2D eigenvalue weighted by Crippen LogP contribution is -2.05. The van der Waals surface area contributed by atoms with Crippen LogP contribution in [0.25, 0.3) is 6.08 Å². The number of nitriles is 1. The first-order chi connectivity index (χ1) is 8.10. The van der Waals surface area contributed by atoms with Gasteiger partial charge in [0.1, 0.15) is 11.6 Å². The summed E-state index contributed by atoms with van der Waals surface area (Å²) in [5, 5.41) is 27.5. The Labute approximate surface area is 98.2 Å². The fraction of sp³-hybridized carbons (Fsp3) is 0.167. The molecule has 0 atom stereocenters. The van der Waals surface area contributed by atoms with Crippen molar-refractivity contribution in [2.75, 3.05) is 6.61 Å². The Bertz CT molecular complexity index is 500. The van der Waals surface area contributed by atoms with E-state index in [0.29, 0.717) is 0 Å². The average Bonchev–Trinajstić information content (AvgIpc) is 2.31. The molecule has 0 aliphatic rings. The average molecular weight is 233 g/mol. The molecule has 0 heterocycles. The first kappa shape index (κ1) is 12.6. The van der Waals surface area contributed by atoms with Crippen LogP contribution in [0.15, 0.2) is 23.8 Å². The summed E-state index contributed by atoms with van der Waals surface area (Å²) in [5.41, 5.74) is -0.0673. The summed E-state index contributed by atoms with van der Waals surface area (Å²) in [7, 11) is 0. The van der Waals surface area contributed by atoms with Gasteiger partial charge in [-0.3, -0.25) is 0 Å². The Hall–Kier alpha value is -2.48. The second kappa shape index (κ2) is 5.56. The number of carbonyl (C=O) groups excluding carboxylic acids is 1. The van der Waals surface area contributed by atoms with Crippen molar-refractivity contribution in [3.8, 4) is 17.6 Å². The van der Waals surface area contributed by atoms with E-state index in [-0.39, 0.29) is 29.2 Å². The molecule has 5 heteroatoms. The zero-order valence-electron chi connectivity index (χ0n) is 9.17. The number of esters is 1. The van der Waals surface area contributed by atoms with Gasteiger partial charge in [0.15, 0.2) is 11.5 Å². The number of rotatable bonds is 3. The number of ether oxygens (including phenoxy) is 1. The van der Waals surface area contributed by atoms with Crippen LogP contribution < -0.4 is 0 Å². The van der Waals surface area contributed by atoms with Gasteiger partial charge in [0, 0.05) is 5.56 Å². The molecule has 0 aromatic heterocycles. The molecule has 0 radical (unpaired) electrons. The lowest BCUT2D eigenvalue weighted by molar-refractivity contribution is -0.137. The summed E-state index contributed by atoms with van der Waals surface area (Å²) in [5.74, 6) is -1.47. The monoisotopic (exact) mass is 233 g/mol. The topological polar surface area (TPSA) is 90.6 Å². The highest BCUT2D eigenvalue weighted by Crippen LogP contribution is 2.29. The Morgan fingerprint density at radius 3 is 2.82 bits per heavy atom. The molecule has 1 rings (SSSR count). The van der Waals surface area contributed by atoms with Gasteiger partial charge in [0.2, 0.25) is 0 Å². The molecule has 0 fully saturated rings. The van der Waals surface area contributed by atoms with Crippen molar-refractivity contribution < 1.29 is 19.7 Å². The highest BCUT2D eigenvalue weighted by atomic mass is 16.5. The molecule has 0 saturated carbocycles. The maximum absolute atomic E-state index is 11.3. The van der Waals surface area contributed by atoms with Crippen molar-refractivity contribution >= 4 is 12.0 Å². The lowest BCUT2D eigenvalue weighted by Gasteiger charge is -2.02. The molecule has 0 bridgehead atoms. The highest BCUT2D eigenvalue weighted by Gasteiger charge is 2.12. The maximum atomic E-state index is 11.3. The third-order valence-corrected chi connectivity index (χ3v) is 1.96. The molecule has 2 N–H and O–H groups in total. The molecule has 1 aromatic carbocycles. The van der Waals surface area contributed by atoms with Crippen molar-refractivity contribution in [3.05, 3.63) is 29.3 Å². The molecule has 5 nitrogen and oxygen atoms in total. The smallest absolute Gasteiger partial charge is 0.348 e. The zero-order valence-corrected chi connectivity index (χ0v) is 9.17. The number of benzene rings is 1. The first-order valence-electron chi connectivity index (χ1n) is 4.90. The van der Waals surface area contributed by atoms with Crippen LogP contribution in [0.2, 0.25) is 0 Å². The van der Waals surface area contributed by atoms with Crippen LogP contribution in [0.4, 0.5) is 0 Å². The van der Waals surface area contributed by atoms with Crippen LogP contribution in [0.1, 0.15) is 12.5 Å². The molecular weight excluding hydrogens is 222 g/mol. The summed E-state index contributed by atoms with van der Waals surface area (Å²) in [6.45, 7) is 1.78. The summed E-state index contributed by atoms with van der Waals surface area (Å²) in [4.78, 5) is 11.3. The number of hydrogen-bond donors (Lipinski definition) is 2. The minimum Gasteiger partial charge on any atom is -0.504 e. The van der Waals surface area contributed by atoms with Gasteiger partial charge in [0.25, 0.3) is 0 Å². The molecule has 0 amide bonds. The number of hydrogen-bond acceptors (Lipinski definition) is 5. The maximum Gasteiger partial charge on any atom is 0.348 e. The third-order valence-electron chi connectivity index (χ3n) is 1.96. The molecule has 0 aliphatic heterocycles. The standard InChI is InChI=1S/C12H11NO4/c1-2-17-12(16)9(7-13)6-8-4-3-5-10(14)11(8)15/h3-6,14-15H,2H2,1H3. The number of phenolic OH excluding ortho intramolecular Hbond substituents is 2. The number of nitrogens with zero attached hydrogens (tertiary/aromatic N) is 1. The van der Waals surface area contributed by atoms with Crippen LogP contribution in [-0.4, -0.2) is 22.8 Å². The van der Waals surface area contributed by atoms with E-state index in [1.165, 1.54) is 18.2 Å². The Kier molecular flexibility index (Phi) is 4.12. The van der Waals surface area contributed by atoms with Gasteiger partial charge in [-0.05, 0) is 19.1 Å². The Morgan fingerprint density at radius 1 is 1.53 bits per heavy atom. The number of phenols is 2. The molecule has 88 valence electrons. The Balaban J connectivity index is 3.12. The largest absolute Gasteiger partial charge is 0.504 e. The van der Waals surface area contributed by atoms with Crippen LogP contribution in [0.3, 0.4) is 0 Å². The SMILES string of the molecule is CCOC(=O)C(C#N)=Cc1cccc(O)c1O. The van der Waals surface area contributed by atoms with Gasteiger partial charge in [-0.1, -0.05) is 12.1 Å². The highest BCUT2D eigenvalue weighted by molar-refractivity contribution is 5.98. The second-order valence-corrected chi connectivity index (χ2v) is 3.11. The summed E-state index contributed by atoms with van der Waals surface area (Å²) >= 11 is 0. The fourth-order valence-electron chi connectivity index (χ4n) is 1.17. The van der Waals surface area contributed by atoms with Gasteiger partial charge in [-0.15, -0.1) is 0 Å². The minimum atomic E-state index is -0.766. The van der Waals surface area contributed by atoms with Crippen molar-refractivity contribution in [3.63, 3.8) is 0 Å². The molecule has 1 aromatic rings. The zero-order chi connectivity index (χ0) is 12.8. The van der Waals surface area contributed by atoms with Gasteiger partial charge < -0.3 is 14.9 Å². The quantitative estimate of drug-likeness (QED) is 0.358. The van der Waals surface area contributed by atoms with Crippen molar-refractivity contribution in [1.29, 1.82) is 5.26 Å². The van der Waals surface area contributed by atoms with Crippen LogP contribution >= 0.6 is 0 Å². The summed E-state index contributed by atoms with van der Waals surface area (Å²) < 4.78 is 4.66. The van der Waals surface area contributed by atoms with E-state index in [0.717, 1.165) is 6.08 Å². The van der Waals surface area contributed by atoms with Crippen molar-refractivity contribution in [2.24, 2.45) is 0 Å². The Morgan fingerprint density at radius 2 is 2.24 bits per heavy atom. The number of carbonyl (C=O) groups is 1. The van der Waals surface area contributed by atoms with Crippen molar-refractivity contribution in [2.45, 2.75) is 6.92 Å². The van der Waals surface area contributed by atoms with Crippen LogP contribution in [0, 0.1) is 11.3 Å². The number of para-hydroxylation sites is 1. The van der Waals surface area contributed by atoms with Crippen molar-refractivity contribution in [1.82, 2.24) is 0 Å². The molecule has 17 heavy (non-hydrogen) atoms. The molecule has 0 spiro atoms. The van der Waals surface area contributed by atoms with Gasteiger partial charge >= 0.3 is 5.97 Å². The third kappa shape index (κ3) is 2.98. The van der Waals surface area contributed by atoms with E-state index in [4.69, 9.17) is 5.26 Å². The van der Waals surface area contributed by atoms with Gasteiger partial charge in [0.05, 0.1) is 6.61 Å². The molecule has 0 aliphatic carbocycles. The summed E-state index contributed by atoms with van der Waals surface area (Å²) in [6, 6.07) is 5.92. The van der Waals surface area contributed by atoms with E-state index >= 15 is 0 Å². The van der Waals surface area contributed by atoms with E-state index in [1.54, 1.807) is 13.0 Å². The summed E-state index contributed by atoms with van der Waals surface area (Å²) in [6.07, 6.45) is 1.16. The molecular formula is C12H11NO4. The minimum absolute atomic E-state index is 0.157. The number of aromatic hydroxyl groups is 2. The van der Waals surface area contributed by atoms with Crippen LogP contribution in [-0.2, 0) is 9.53 Å². The van der Waals surface area contributed by atoms with Gasteiger partial charge in [-0.2, -0.15) is 5.26 Å².